The molecule has 3 N–H and O–H groups in total. The molecule has 70 valence electrons. The minimum absolute atomic E-state index is 0.200. The number of aliphatic hydroxyl groups is 1. The van der Waals surface area contributed by atoms with Crippen molar-refractivity contribution in [1.82, 2.24) is 0 Å². The summed E-state index contributed by atoms with van der Waals surface area (Å²) in [4.78, 5) is 10.9. The molecule has 0 spiro atoms. The summed E-state index contributed by atoms with van der Waals surface area (Å²) < 4.78 is 10.1. The highest BCUT2D eigenvalue weighted by Gasteiger charge is 2.37. The fourth-order valence-corrected chi connectivity index (χ4v) is 0.891. The first-order valence-corrected chi connectivity index (χ1v) is 3.72. The molecule has 0 saturated carbocycles. The van der Waals surface area contributed by atoms with Crippen LogP contribution in [-0.4, -0.2) is 37.1 Å². The highest BCUT2D eigenvalue weighted by molar-refractivity contribution is 5.80. The highest BCUT2D eigenvalue weighted by atomic mass is 16.7. The van der Waals surface area contributed by atoms with Crippen molar-refractivity contribution in [3.05, 3.63) is 0 Å². The Kier molecular flexibility index (Phi) is 2.66. The van der Waals surface area contributed by atoms with Crippen LogP contribution in [0, 0.1) is 5.41 Å². The molecule has 12 heavy (non-hydrogen) atoms. The molecule has 1 fully saturated rings. The maximum atomic E-state index is 10.9. The van der Waals surface area contributed by atoms with E-state index in [9.17, 15) is 4.79 Å². The molecule has 0 aromatic heterocycles. The Bertz CT molecular complexity index is 174. The van der Waals surface area contributed by atoms with E-state index in [4.69, 9.17) is 20.3 Å². The minimum Gasteiger partial charge on any atom is -0.391 e. The lowest BCUT2D eigenvalue weighted by atomic mass is 9.91. The van der Waals surface area contributed by atoms with Gasteiger partial charge in [-0.3, -0.25) is 4.79 Å². The van der Waals surface area contributed by atoms with Crippen LogP contribution < -0.4 is 5.73 Å². The Labute approximate surface area is 70.4 Å². The van der Waals surface area contributed by atoms with Gasteiger partial charge < -0.3 is 20.3 Å². The van der Waals surface area contributed by atoms with Gasteiger partial charge in [-0.25, -0.2) is 0 Å². The molecule has 0 aliphatic carbocycles. The molecule has 0 aromatic carbocycles. The maximum Gasteiger partial charge on any atom is 0.228 e. The molecule has 5 heteroatoms. The van der Waals surface area contributed by atoms with E-state index in [2.05, 4.69) is 0 Å². The van der Waals surface area contributed by atoms with Gasteiger partial charge in [0.05, 0.1) is 25.2 Å². The Morgan fingerprint density at radius 1 is 1.67 bits per heavy atom. The van der Waals surface area contributed by atoms with Crippen molar-refractivity contribution < 1.29 is 19.4 Å². The van der Waals surface area contributed by atoms with Crippen LogP contribution in [0.5, 0.6) is 0 Å². The van der Waals surface area contributed by atoms with Gasteiger partial charge in [-0.15, -0.1) is 0 Å². The zero-order valence-electron chi connectivity index (χ0n) is 6.95. The number of hydrogen-bond acceptors (Lipinski definition) is 4. The van der Waals surface area contributed by atoms with Gasteiger partial charge in [-0.2, -0.15) is 0 Å². The number of rotatable bonds is 2. The molecular formula is C7H13NO4. The largest absolute Gasteiger partial charge is 0.391 e. The van der Waals surface area contributed by atoms with E-state index in [1.54, 1.807) is 6.92 Å². The third-order valence-corrected chi connectivity index (χ3v) is 1.92. The molecule has 1 amide bonds. The fourth-order valence-electron chi connectivity index (χ4n) is 0.891. The molecule has 0 radical (unpaired) electrons. The van der Waals surface area contributed by atoms with E-state index in [0.717, 1.165) is 0 Å². The molecule has 1 aliphatic rings. The standard InChI is InChI=1S/C7H13NO4/c1-7(6(8)10)3-11-5(2-9)12-4-7/h5,9H,2-4H2,1H3,(H2,8,10). The topological polar surface area (TPSA) is 81.8 Å². The van der Waals surface area contributed by atoms with E-state index < -0.39 is 17.6 Å². The lowest BCUT2D eigenvalue weighted by molar-refractivity contribution is -0.234. The Morgan fingerprint density at radius 3 is 2.50 bits per heavy atom. The van der Waals surface area contributed by atoms with Gasteiger partial charge in [0.15, 0.2) is 6.29 Å². The van der Waals surface area contributed by atoms with E-state index in [0.29, 0.717) is 0 Å². The monoisotopic (exact) mass is 175 g/mol. The number of amides is 1. The van der Waals surface area contributed by atoms with Crippen LogP contribution in [0.2, 0.25) is 0 Å². The van der Waals surface area contributed by atoms with Gasteiger partial charge in [0.1, 0.15) is 0 Å². The first-order valence-electron chi connectivity index (χ1n) is 3.72. The molecule has 0 unspecified atom stereocenters. The van der Waals surface area contributed by atoms with Gasteiger partial charge >= 0.3 is 0 Å². The van der Waals surface area contributed by atoms with Crippen molar-refractivity contribution in [3.8, 4) is 0 Å². The quantitative estimate of drug-likeness (QED) is 0.555. The molecule has 0 atom stereocenters. The lowest BCUT2D eigenvalue weighted by Crippen LogP contribution is -2.48. The molecule has 0 aromatic rings. The predicted octanol–water partition coefficient (Wildman–Crippen LogP) is -1.16. The van der Waals surface area contributed by atoms with Gasteiger partial charge in [0, 0.05) is 0 Å². The Morgan fingerprint density at radius 2 is 2.17 bits per heavy atom. The summed E-state index contributed by atoms with van der Waals surface area (Å²) in [5, 5.41) is 8.63. The van der Waals surface area contributed by atoms with Crippen LogP contribution in [-0.2, 0) is 14.3 Å². The van der Waals surface area contributed by atoms with Crippen LogP contribution in [0.1, 0.15) is 6.92 Å². The van der Waals surface area contributed by atoms with Crippen LogP contribution in [0.25, 0.3) is 0 Å². The number of ether oxygens (including phenoxy) is 2. The van der Waals surface area contributed by atoms with Gasteiger partial charge in [-0.05, 0) is 6.92 Å². The Balaban J connectivity index is 2.49. The van der Waals surface area contributed by atoms with Crippen LogP contribution in [0.3, 0.4) is 0 Å². The molecule has 5 nitrogen and oxygen atoms in total. The summed E-state index contributed by atoms with van der Waals surface area (Å²) in [6, 6.07) is 0. The van der Waals surface area contributed by atoms with Crippen molar-refractivity contribution >= 4 is 5.91 Å². The third kappa shape index (κ3) is 1.74. The second-order valence-corrected chi connectivity index (χ2v) is 3.16. The highest BCUT2D eigenvalue weighted by Crippen LogP contribution is 2.23. The minimum atomic E-state index is -0.758. The third-order valence-electron chi connectivity index (χ3n) is 1.92. The molecular weight excluding hydrogens is 162 g/mol. The van der Waals surface area contributed by atoms with Crippen molar-refractivity contribution in [2.45, 2.75) is 13.2 Å². The number of primary amides is 1. The molecule has 1 heterocycles. The second kappa shape index (κ2) is 3.38. The molecule has 1 aliphatic heterocycles. The van der Waals surface area contributed by atoms with E-state index in [1.165, 1.54) is 0 Å². The second-order valence-electron chi connectivity index (χ2n) is 3.16. The summed E-state index contributed by atoms with van der Waals surface area (Å²) >= 11 is 0. The maximum absolute atomic E-state index is 10.9. The smallest absolute Gasteiger partial charge is 0.228 e. The molecule has 1 saturated heterocycles. The van der Waals surface area contributed by atoms with Crippen LogP contribution >= 0.6 is 0 Å². The van der Waals surface area contributed by atoms with Gasteiger partial charge in [0.2, 0.25) is 5.91 Å². The van der Waals surface area contributed by atoms with Crippen LogP contribution in [0.15, 0.2) is 0 Å². The Hall–Kier alpha value is -0.650. The predicted molar refractivity (Wildman–Crippen MR) is 40.1 cm³/mol. The van der Waals surface area contributed by atoms with Crippen molar-refractivity contribution in [1.29, 1.82) is 0 Å². The van der Waals surface area contributed by atoms with Crippen molar-refractivity contribution in [2.24, 2.45) is 11.1 Å². The zero-order chi connectivity index (χ0) is 9.19. The summed E-state index contributed by atoms with van der Waals surface area (Å²) in [6.45, 7) is 1.87. The number of nitrogens with two attached hydrogens (primary N) is 1. The van der Waals surface area contributed by atoms with Gasteiger partial charge in [-0.1, -0.05) is 0 Å². The first-order chi connectivity index (χ1) is 5.58. The average molecular weight is 175 g/mol. The summed E-state index contributed by atoms with van der Waals surface area (Å²) in [7, 11) is 0. The summed E-state index contributed by atoms with van der Waals surface area (Å²) in [5.41, 5.74) is 4.37. The van der Waals surface area contributed by atoms with E-state index >= 15 is 0 Å². The fraction of sp³-hybridized carbons (Fsp3) is 0.857. The first kappa shape index (κ1) is 9.44. The zero-order valence-corrected chi connectivity index (χ0v) is 6.95. The lowest BCUT2D eigenvalue weighted by Gasteiger charge is -2.34. The average Bonchev–Trinajstić information content (AvgIpc) is 2.06. The number of hydrogen-bond donors (Lipinski definition) is 2. The number of aliphatic hydroxyl groups excluding tert-OH is 1. The van der Waals surface area contributed by atoms with Crippen molar-refractivity contribution in [3.63, 3.8) is 0 Å². The van der Waals surface area contributed by atoms with E-state index in [1.807, 2.05) is 0 Å². The van der Waals surface area contributed by atoms with E-state index in [-0.39, 0.29) is 19.8 Å². The van der Waals surface area contributed by atoms with Crippen LogP contribution in [0.4, 0.5) is 0 Å². The number of carbonyl (C=O) groups excluding carboxylic acids is 1. The molecule has 1 rings (SSSR count). The SMILES string of the molecule is CC1(C(N)=O)COC(CO)OC1. The molecule has 0 bridgehead atoms. The normalized spacial score (nSPS) is 36.3. The van der Waals surface area contributed by atoms with Crippen molar-refractivity contribution in [2.75, 3.05) is 19.8 Å². The summed E-state index contributed by atoms with van der Waals surface area (Å²) in [6.07, 6.45) is -0.613. The number of carbonyl (C=O) groups is 1. The summed E-state index contributed by atoms with van der Waals surface area (Å²) in [5.74, 6) is -0.445. The van der Waals surface area contributed by atoms with Gasteiger partial charge in [0.25, 0.3) is 0 Å².